The summed E-state index contributed by atoms with van der Waals surface area (Å²) in [7, 11) is 1.57. The summed E-state index contributed by atoms with van der Waals surface area (Å²) in [6.07, 6.45) is 4.34. The molecule has 1 aromatic carbocycles. The van der Waals surface area contributed by atoms with Crippen molar-refractivity contribution in [2.45, 2.75) is 6.42 Å². The largest absolute Gasteiger partial charge is 0.497 e. The molecule has 4 rings (SSSR count). The Labute approximate surface area is 160 Å². The fraction of sp³-hybridized carbons (Fsp3) is 0.222. The number of anilines is 2. The molecule has 10 heteroatoms. The van der Waals surface area contributed by atoms with Crippen LogP contribution in [0.4, 0.5) is 11.5 Å². The maximum absolute atomic E-state index is 12.6. The van der Waals surface area contributed by atoms with Gasteiger partial charge in [-0.25, -0.2) is 19.6 Å². The van der Waals surface area contributed by atoms with E-state index < -0.39 is 5.92 Å². The second-order valence-corrected chi connectivity index (χ2v) is 6.20. The van der Waals surface area contributed by atoms with E-state index in [-0.39, 0.29) is 18.2 Å². The Hall–Kier alpha value is -3.82. The van der Waals surface area contributed by atoms with E-state index in [9.17, 15) is 9.59 Å². The fourth-order valence-corrected chi connectivity index (χ4v) is 3.01. The first-order valence-corrected chi connectivity index (χ1v) is 8.56. The van der Waals surface area contributed by atoms with Crippen LogP contribution in [0.5, 0.6) is 5.75 Å². The minimum absolute atomic E-state index is 0.112. The monoisotopic (exact) mass is 379 g/mol. The SMILES string of the molecule is COc1cccc(N2CC(C(=O)Nc3cc(-n4cncn4)ncn3)CC2=O)c1. The predicted molar refractivity (Wildman–Crippen MR) is 99.0 cm³/mol. The quantitative estimate of drug-likeness (QED) is 0.705. The van der Waals surface area contributed by atoms with Gasteiger partial charge in [0.2, 0.25) is 11.8 Å². The van der Waals surface area contributed by atoms with E-state index in [2.05, 4.69) is 25.4 Å². The minimum atomic E-state index is -0.483. The first-order valence-electron chi connectivity index (χ1n) is 8.56. The Morgan fingerprint density at radius 3 is 2.93 bits per heavy atom. The molecule has 1 aliphatic rings. The molecule has 0 radical (unpaired) electrons. The molecule has 1 unspecified atom stereocenters. The third-order valence-electron chi connectivity index (χ3n) is 4.42. The predicted octanol–water partition coefficient (Wildman–Crippen LogP) is 1.06. The molecule has 2 aromatic heterocycles. The lowest BCUT2D eigenvalue weighted by atomic mass is 10.1. The maximum Gasteiger partial charge on any atom is 0.230 e. The molecule has 1 saturated heterocycles. The smallest absolute Gasteiger partial charge is 0.230 e. The third kappa shape index (κ3) is 3.52. The molecule has 2 amide bonds. The summed E-state index contributed by atoms with van der Waals surface area (Å²) in [4.78, 5) is 38.7. The van der Waals surface area contributed by atoms with Gasteiger partial charge in [-0.1, -0.05) is 6.07 Å². The van der Waals surface area contributed by atoms with Crippen LogP contribution in [-0.4, -0.2) is 50.2 Å². The van der Waals surface area contributed by atoms with E-state index in [4.69, 9.17) is 4.74 Å². The molecule has 0 aliphatic carbocycles. The van der Waals surface area contributed by atoms with Gasteiger partial charge in [0.25, 0.3) is 0 Å². The van der Waals surface area contributed by atoms with Crippen LogP contribution in [-0.2, 0) is 9.59 Å². The van der Waals surface area contributed by atoms with Crippen molar-refractivity contribution in [1.29, 1.82) is 0 Å². The number of amides is 2. The summed E-state index contributed by atoms with van der Waals surface area (Å²) in [6, 6.07) is 8.78. The molecule has 0 bridgehead atoms. The Kier molecular flexibility index (Phi) is 4.67. The number of aromatic nitrogens is 5. The lowest BCUT2D eigenvalue weighted by Gasteiger charge is -2.17. The molecular weight excluding hydrogens is 362 g/mol. The van der Waals surface area contributed by atoms with Crippen molar-refractivity contribution < 1.29 is 14.3 Å². The van der Waals surface area contributed by atoms with Crippen molar-refractivity contribution in [2.75, 3.05) is 23.9 Å². The molecule has 0 saturated carbocycles. The van der Waals surface area contributed by atoms with E-state index in [0.29, 0.717) is 29.6 Å². The summed E-state index contributed by atoms with van der Waals surface area (Å²) in [5.41, 5.74) is 0.704. The second kappa shape index (κ2) is 7.43. The number of carbonyl (C=O) groups excluding carboxylic acids is 2. The number of nitrogens with zero attached hydrogens (tertiary/aromatic N) is 6. The number of ether oxygens (including phenoxy) is 1. The molecular formula is C18H17N7O3. The second-order valence-electron chi connectivity index (χ2n) is 6.20. The van der Waals surface area contributed by atoms with Gasteiger partial charge in [0, 0.05) is 30.8 Å². The van der Waals surface area contributed by atoms with Gasteiger partial charge in [-0.2, -0.15) is 5.10 Å². The zero-order chi connectivity index (χ0) is 19.5. The van der Waals surface area contributed by atoms with Gasteiger partial charge in [0.1, 0.15) is 30.5 Å². The van der Waals surface area contributed by atoms with Crippen molar-refractivity contribution >= 4 is 23.3 Å². The normalized spacial score (nSPS) is 16.2. The average molecular weight is 379 g/mol. The molecule has 1 fully saturated rings. The average Bonchev–Trinajstić information content (AvgIpc) is 3.38. The zero-order valence-electron chi connectivity index (χ0n) is 15.0. The molecule has 0 spiro atoms. The van der Waals surface area contributed by atoms with Gasteiger partial charge in [-0.3, -0.25) is 9.59 Å². The first-order chi connectivity index (χ1) is 13.6. The van der Waals surface area contributed by atoms with Crippen molar-refractivity contribution in [3.63, 3.8) is 0 Å². The van der Waals surface area contributed by atoms with Crippen LogP contribution >= 0.6 is 0 Å². The van der Waals surface area contributed by atoms with E-state index in [1.54, 1.807) is 36.3 Å². The Morgan fingerprint density at radius 1 is 1.25 bits per heavy atom. The molecule has 10 nitrogen and oxygen atoms in total. The number of carbonyl (C=O) groups is 2. The van der Waals surface area contributed by atoms with Crippen molar-refractivity contribution in [2.24, 2.45) is 5.92 Å². The Morgan fingerprint density at radius 2 is 2.14 bits per heavy atom. The van der Waals surface area contributed by atoms with E-state index in [1.807, 2.05) is 6.07 Å². The van der Waals surface area contributed by atoms with E-state index in [1.165, 1.54) is 23.7 Å². The van der Waals surface area contributed by atoms with Crippen molar-refractivity contribution in [3.8, 4) is 11.6 Å². The summed E-state index contributed by atoms with van der Waals surface area (Å²) >= 11 is 0. The molecule has 1 N–H and O–H groups in total. The molecule has 3 heterocycles. The van der Waals surface area contributed by atoms with Gasteiger partial charge in [-0.05, 0) is 12.1 Å². The van der Waals surface area contributed by atoms with Crippen molar-refractivity contribution in [1.82, 2.24) is 24.7 Å². The van der Waals surface area contributed by atoms with E-state index >= 15 is 0 Å². The summed E-state index contributed by atoms with van der Waals surface area (Å²) < 4.78 is 6.66. The fourth-order valence-electron chi connectivity index (χ4n) is 3.01. The van der Waals surface area contributed by atoms with Gasteiger partial charge < -0.3 is 15.0 Å². The van der Waals surface area contributed by atoms with Crippen LogP contribution < -0.4 is 15.0 Å². The number of benzene rings is 1. The van der Waals surface area contributed by atoms with Crippen LogP contribution in [0.15, 0.2) is 49.3 Å². The number of rotatable bonds is 5. The third-order valence-corrected chi connectivity index (χ3v) is 4.42. The molecule has 142 valence electrons. The lowest BCUT2D eigenvalue weighted by Crippen LogP contribution is -2.28. The van der Waals surface area contributed by atoms with Gasteiger partial charge in [0.05, 0.1) is 13.0 Å². The van der Waals surface area contributed by atoms with Gasteiger partial charge in [0.15, 0.2) is 5.82 Å². The molecule has 1 atom stereocenters. The Bertz CT molecular complexity index is 1010. The number of methoxy groups -OCH3 is 1. The molecule has 1 aliphatic heterocycles. The summed E-state index contributed by atoms with van der Waals surface area (Å²) in [6.45, 7) is 0.291. The van der Waals surface area contributed by atoms with Crippen LogP contribution in [0.25, 0.3) is 5.82 Å². The maximum atomic E-state index is 12.6. The highest BCUT2D eigenvalue weighted by Crippen LogP contribution is 2.28. The highest BCUT2D eigenvalue weighted by Gasteiger charge is 2.35. The van der Waals surface area contributed by atoms with Gasteiger partial charge >= 0.3 is 0 Å². The Balaban J connectivity index is 1.46. The highest BCUT2D eigenvalue weighted by atomic mass is 16.5. The molecule has 3 aromatic rings. The van der Waals surface area contributed by atoms with Crippen LogP contribution in [0.3, 0.4) is 0 Å². The minimum Gasteiger partial charge on any atom is -0.497 e. The van der Waals surface area contributed by atoms with Crippen LogP contribution in [0.1, 0.15) is 6.42 Å². The number of hydrogen-bond donors (Lipinski definition) is 1. The standard InChI is InChI=1S/C18H17N7O3/c1-28-14-4-2-3-13(6-14)24-8-12(5-17(24)26)18(27)23-15-7-16(21-10-20-15)25-11-19-9-22-25/h2-4,6-7,9-12H,5,8H2,1H3,(H,20,21,23,27). The van der Waals surface area contributed by atoms with Crippen LogP contribution in [0.2, 0.25) is 0 Å². The molecule has 28 heavy (non-hydrogen) atoms. The van der Waals surface area contributed by atoms with Gasteiger partial charge in [-0.15, -0.1) is 0 Å². The highest BCUT2D eigenvalue weighted by molar-refractivity contribution is 6.03. The number of nitrogens with one attached hydrogen (secondary N) is 1. The zero-order valence-corrected chi connectivity index (χ0v) is 15.0. The van der Waals surface area contributed by atoms with Crippen molar-refractivity contribution in [3.05, 3.63) is 49.3 Å². The summed E-state index contributed by atoms with van der Waals surface area (Å²) in [5.74, 6) is 0.589. The van der Waals surface area contributed by atoms with E-state index in [0.717, 1.165) is 0 Å². The lowest BCUT2D eigenvalue weighted by molar-refractivity contribution is -0.122. The van der Waals surface area contributed by atoms with Crippen LogP contribution in [0, 0.1) is 5.92 Å². The number of hydrogen-bond acceptors (Lipinski definition) is 7. The first kappa shape index (κ1) is 17.6. The summed E-state index contributed by atoms with van der Waals surface area (Å²) in [5, 5.41) is 6.74. The topological polar surface area (TPSA) is 115 Å².